The zero-order valence-corrected chi connectivity index (χ0v) is 12.9. The van der Waals surface area contributed by atoms with Crippen molar-refractivity contribution in [1.29, 1.82) is 0 Å². The molecule has 0 spiro atoms. The van der Waals surface area contributed by atoms with Crippen LogP contribution in [-0.2, 0) is 0 Å². The molecule has 0 radical (unpaired) electrons. The summed E-state index contributed by atoms with van der Waals surface area (Å²) in [6.07, 6.45) is 2.34. The van der Waals surface area contributed by atoms with Crippen LogP contribution in [-0.4, -0.2) is 16.5 Å². The summed E-state index contributed by atoms with van der Waals surface area (Å²) < 4.78 is 6.79. The first-order valence-corrected chi connectivity index (χ1v) is 7.61. The van der Waals surface area contributed by atoms with Gasteiger partial charge in [-0.05, 0) is 47.8 Å². The van der Waals surface area contributed by atoms with Crippen molar-refractivity contribution in [2.24, 2.45) is 0 Å². The van der Waals surface area contributed by atoms with E-state index < -0.39 is 0 Å². The zero-order valence-electron chi connectivity index (χ0n) is 11.3. The Labute approximate surface area is 126 Å². The quantitative estimate of drug-likeness (QED) is 0.884. The van der Waals surface area contributed by atoms with E-state index in [1.807, 2.05) is 37.3 Å². The normalized spacial score (nSPS) is 14.1. The minimum Gasteiger partial charge on any atom is -0.438 e. The number of halogens is 1. The molecule has 1 aromatic heterocycles. The monoisotopic (exact) mass is 333 g/mol. The second kappa shape index (κ2) is 5.79. The summed E-state index contributed by atoms with van der Waals surface area (Å²) in [6.45, 7) is 2.88. The largest absolute Gasteiger partial charge is 0.438 e. The Balaban J connectivity index is 1.89. The molecular formula is C15H16BrN3O. The predicted molar refractivity (Wildman–Crippen MR) is 82.4 cm³/mol. The smallest absolute Gasteiger partial charge is 0.224 e. The highest BCUT2D eigenvalue weighted by Gasteiger charge is 2.27. The molecular weight excluding hydrogens is 318 g/mol. The minimum absolute atomic E-state index is 0.496. The van der Waals surface area contributed by atoms with Crippen molar-refractivity contribution in [2.45, 2.75) is 25.7 Å². The van der Waals surface area contributed by atoms with Crippen LogP contribution in [0.2, 0.25) is 0 Å². The standard InChI is InChI=1S/C15H16BrN3O/c1-2-17-13-9-14(19-15(18-13)10-7-8-10)20-12-6-4-3-5-11(12)16/h3-6,9-10H,2,7-8H2,1H3,(H,17,18,19). The first-order chi connectivity index (χ1) is 9.76. The maximum Gasteiger partial charge on any atom is 0.224 e. The lowest BCUT2D eigenvalue weighted by Gasteiger charge is -2.10. The van der Waals surface area contributed by atoms with Crippen LogP contribution in [0.3, 0.4) is 0 Å². The second-order valence-electron chi connectivity index (χ2n) is 4.79. The van der Waals surface area contributed by atoms with E-state index in [1.54, 1.807) is 0 Å². The van der Waals surface area contributed by atoms with Crippen molar-refractivity contribution in [3.05, 3.63) is 40.6 Å². The lowest BCUT2D eigenvalue weighted by atomic mass is 10.3. The van der Waals surface area contributed by atoms with Gasteiger partial charge in [0.2, 0.25) is 5.88 Å². The Morgan fingerprint density at radius 3 is 2.80 bits per heavy atom. The van der Waals surface area contributed by atoms with Crippen LogP contribution in [0.15, 0.2) is 34.8 Å². The first kappa shape index (κ1) is 13.4. The third-order valence-electron chi connectivity index (χ3n) is 3.07. The van der Waals surface area contributed by atoms with Gasteiger partial charge >= 0.3 is 0 Å². The molecule has 1 aliphatic carbocycles. The first-order valence-electron chi connectivity index (χ1n) is 6.81. The molecule has 4 nitrogen and oxygen atoms in total. The molecule has 2 aromatic rings. The number of anilines is 1. The molecule has 0 bridgehead atoms. The average molecular weight is 334 g/mol. The van der Waals surface area contributed by atoms with Crippen molar-refractivity contribution in [3.8, 4) is 11.6 Å². The van der Waals surface area contributed by atoms with E-state index >= 15 is 0 Å². The Hall–Kier alpha value is -1.62. The molecule has 0 unspecified atom stereocenters. The molecule has 1 aliphatic rings. The van der Waals surface area contributed by atoms with Gasteiger partial charge in [-0.1, -0.05) is 12.1 Å². The Morgan fingerprint density at radius 1 is 1.30 bits per heavy atom. The van der Waals surface area contributed by atoms with Crippen LogP contribution in [0.25, 0.3) is 0 Å². The van der Waals surface area contributed by atoms with Gasteiger partial charge in [-0.3, -0.25) is 0 Å². The molecule has 1 fully saturated rings. The molecule has 0 saturated heterocycles. The average Bonchev–Trinajstić information content (AvgIpc) is 3.26. The van der Waals surface area contributed by atoms with Crippen molar-refractivity contribution in [1.82, 2.24) is 9.97 Å². The van der Waals surface area contributed by atoms with Crippen LogP contribution in [0.1, 0.15) is 31.5 Å². The van der Waals surface area contributed by atoms with Crippen LogP contribution in [0, 0.1) is 0 Å². The summed E-state index contributed by atoms with van der Waals surface area (Å²) in [5.41, 5.74) is 0. The van der Waals surface area contributed by atoms with Crippen molar-refractivity contribution < 1.29 is 4.74 Å². The van der Waals surface area contributed by atoms with E-state index in [2.05, 4.69) is 31.2 Å². The third kappa shape index (κ3) is 3.10. The Bertz CT molecular complexity index is 614. The van der Waals surface area contributed by atoms with Crippen molar-refractivity contribution >= 4 is 21.7 Å². The summed E-state index contributed by atoms with van der Waals surface area (Å²) in [7, 11) is 0. The molecule has 1 heterocycles. The lowest BCUT2D eigenvalue weighted by molar-refractivity contribution is 0.456. The van der Waals surface area contributed by atoms with Gasteiger partial charge in [0.1, 0.15) is 17.4 Å². The fourth-order valence-corrected chi connectivity index (χ4v) is 2.30. The Kier molecular flexibility index (Phi) is 3.87. The van der Waals surface area contributed by atoms with E-state index in [0.717, 1.165) is 28.4 Å². The number of aromatic nitrogens is 2. The number of ether oxygens (including phenoxy) is 1. The number of hydrogen-bond acceptors (Lipinski definition) is 4. The van der Waals surface area contributed by atoms with E-state index in [9.17, 15) is 0 Å². The zero-order chi connectivity index (χ0) is 13.9. The van der Waals surface area contributed by atoms with Crippen LogP contribution >= 0.6 is 15.9 Å². The minimum atomic E-state index is 0.496. The van der Waals surface area contributed by atoms with Gasteiger partial charge < -0.3 is 10.1 Å². The number of para-hydroxylation sites is 1. The number of rotatable bonds is 5. The molecule has 0 amide bonds. The topological polar surface area (TPSA) is 47.0 Å². The molecule has 3 rings (SSSR count). The highest BCUT2D eigenvalue weighted by atomic mass is 79.9. The third-order valence-corrected chi connectivity index (χ3v) is 3.73. The summed E-state index contributed by atoms with van der Waals surface area (Å²) >= 11 is 3.48. The molecule has 104 valence electrons. The van der Waals surface area contributed by atoms with Gasteiger partial charge in [-0.2, -0.15) is 4.98 Å². The van der Waals surface area contributed by atoms with Crippen molar-refractivity contribution in [2.75, 3.05) is 11.9 Å². The maximum atomic E-state index is 5.88. The molecule has 20 heavy (non-hydrogen) atoms. The van der Waals surface area contributed by atoms with E-state index in [1.165, 1.54) is 12.8 Å². The van der Waals surface area contributed by atoms with Gasteiger partial charge in [0.05, 0.1) is 4.47 Å². The molecule has 1 N–H and O–H groups in total. The number of benzene rings is 1. The SMILES string of the molecule is CCNc1cc(Oc2ccccc2Br)nc(C2CC2)n1. The van der Waals surface area contributed by atoms with E-state index in [0.29, 0.717) is 11.8 Å². The lowest BCUT2D eigenvalue weighted by Crippen LogP contribution is -2.04. The molecule has 0 aliphatic heterocycles. The fraction of sp³-hybridized carbons (Fsp3) is 0.333. The van der Waals surface area contributed by atoms with Crippen LogP contribution in [0.5, 0.6) is 11.6 Å². The Morgan fingerprint density at radius 2 is 2.10 bits per heavy atom. The molecule has 0 atom stereocenters. The van der Waals surface area contributed by atoms with Gasteiger partial charge in [0.25, 0.3) is 0 Å². The van der Waals surface area contributed by atoms with Gasteiger partial charge in [0, 0.05) is 18.5 Å². The molecule has 1 aromatic carbocycles. The van der Waals surface area contributed by atoms with Crippen molar-refractivity contribution in [3.63, 3.8) is 0 Å². The number of nitrogens with zero attached hydrogens (tertiary/aromatic N) is 2. The summed E-state index contributed by atoms with van der Waals surface area (Å²) in [5, 5.41) is 3.23. The van der Waals surface area contributed by atoms with Gasteiger partial charge in [-0.15, -0.1) is 0 Å². The predicted octanol–water partition coefficient (Wildman–Crippen LogP) is 4.34. The summed E-state index contributed by atoms with van der Waals surface area (Å²) in [4.78, 5) is 9.06. The molecule has 1 saturated carbocycles. The number of hydrogen-bond donors (Lipinski definition) is 1. The maximum absolute atomic E-state index is 5.88. The van der Waals surface area contributed by atoms with E-state index in [-0.39, 0.29) is 0 Å². The molecule has 5 heteroatoms. The highest BCUT2D eigenvalue weighted by Crippen LogP contribution is 2.39. The summed E-state index contributed by atoms with van der Waals surface area (Å²) in [5.74, 6) is 3.55. The van der Waals surface area contributed by atoms with Crippen LogP contribution < -0.4 is 10.1 Å². The van der Waals surface area contributed by atoms with Gasteiger partial charge in [-0.25, -0.2) is 4.98 Å². The fourth-order valence-electron chi connectivity index (χ4n) is 1.93. The number of nitrogens with one attached hydrogen (secondary N) is 1. The van der Waals surface area contributed by atoms with Gasteiger partial charge in [0.15, 0.2) is 0 Å². The van der Waals surface area contributed by atoms with E-state index in [4.69, 9.17) is 4.74 Å². The summed E-state index contributed by atoms with van der Waals surface area (Å²) in [6, 6.07) is 9.60. The van der Waals surface area contributed by atoms with Crippen LogP contribution in [0.4, 0.5) is 5.82 Å². The highest BCUT2D eigenvalue weighted by molar-refractivity contribution is 9.10. The second-order valence-corrected chi connectivity index (χ2v) is 5.64.